The Morgan fingerprint density at radius 1 is 1.50 bits per heavy atom. The molecule has 92 valence electrons. The summed E-state index contributed by atoms with van der Waals surface area (Å²) in [6.45, 7) is -0.366. The minimum absolute atomic E-state index is 0.366. The van der Waals surface area contributed by atoms with Gasteiger partial charge in [-0.05, 0) is 5.53 Å². The van der Waals surface area contributed by atoms with Gasteiger partial charge in [-0.3, -0.25) is 0 Å². The molecule has 2 N–H and O–H groups in total. The molecule has 8 heteroatoms. The summed E-state index contributed by atoms with van der Waals surface area (Å²) in [6.07, 6.45) is -3.37. The molecule has 0 aromatic carbocycles. The van der Waals surface area contributed by atoms with Gasteiger partial charge >= 0.3 is 0 Å². The van der Waals surface area contributed by atoms with Crippen LogP contribution in [0.2, 0.25) is 0 Å². The summed E-state index contributed by atoms with van der Waals surface area (Å²) in [6, 6.07) is -0.841. The van der Waals surface area contributed by atoms with Gasteiger partial charge in [-0.2, -0.15) is 0 Å². The van der Waals surface area contributed by atoms with Gasteiger partial charge in [0, 0.05) is 19.1 Å². The van der Waals surface area contributed by atoms with Crippen LogP contribution in [0.5, 0.6) is 0 Å². The minimum atomic E-state index is -1.07. The molecule has 1 aliphatic rings. The number of azide groups is 1. The first-order chi connectivity index (χ1) is 7.69. The van der Waals surface area contributed by atoms with Crippen LogP contribution < -0.4 is 0 Å². The second kappa shape index (κ2) is 6.00. The molecule has 1 heterocycles. The van der Waals surface area contributed by atoms with E-state index in [0.717, 1.165) is 0 Å². The molecule has 0 aromatic heterocycles. The Balaban J connectivity index is 2.85. The molecule has 4 atom stereocenters. The van der Waals surface area contributed by atoms with Gasteiger partial charge in [0.2, 0.25) is 0 Å². The van der Waals surface area contributed by atoms with Gasteiger partial charge in [-0.25, -0.2) is 0 Å². The average Bonchev–Trinajstić information content (AvgIpc) is 2.60. The summed E-state index contributed by atoms with van der Waals surface area (Å²) in [7, 11) is 2.81. The van der Waals surface area contributed by atoms with E-state index in [0.29, 0.717) is 0 Å². The summed E-state index contributed by atoms with van der Waals surface area (Å²) in [5.41, 5.74) is 8.40. The first-order valence-corrected chi connectivity index (χ1v) is 4.73. The first kappa shape index (κ1) is 13.2. The highest BCUT2D eigenvalue weighted by Gasteiger charge is 2.46. The number of hydrogen-bond acceptors (Lipinski definition) is 6. The minimum Gasteiger partial charge on any atom is -0.394 e. The maximum absolute atomic E-state index is 9.73. The number of aliphatic hydroxyl groups is 2. The highest BCUT2D eigenvalue weighted by atomic mass is 16.7. The van der Waals surface area contributed by atoms with Gasteiger partial charge in [0.25, 0.3) is 0 Å². The summed E-state index contributed by atoms with van der Waals surface area (Å²) in [5.74, 6) is 0. The Labute approximate surface area is 92.4 Å². The van der Waals surface area contributed by atoms with Crippen molar-refractivity contribution in [2.45, 2.75) is 30.6 Å². The number of rotatable bonds is 5. The molecule has 0 amide bonds. The lowest BCUT2D eigenvalue weighted by Crippen LogP contribution is -2.39. The summed E-state index contributed by atoms with van der Waals surface area (Å²) in [4.78, 5) is 2.63. The van der Waals surface area contributed by atoms with Crippen molar-refractivity contribution < 1.29 is 24.4 Å². The highest BCUT2D eigenvalue weighted by molar-refractivity contribution is 4.97. The molecule has 1 rings (SSSR count). The molecule has 0 radical (unpaired) electrons. The third kappa shape index (κ3) is 2.43. The fourth-order valence-electron chi connectivity index (χ4n) is 1.71. The molecule has 0 bridgehead atoms. The van der Waals surface area contributed by atoms with E-state index >= 15 is 0 Å². The van der Waals surface area contributed by atoms with Crippen LogP contribution in [0.3, 0.4) is 0 Å². The van der Waals surface area contributed by atoms with Crippen molar-refractivity contribution in [3.05, 3.63) is 10.4 Å². The van der Waals surface area contributed by atoms with Crippen LogP contribution in [-0.2, 0) is 14.2 Å². The van der Waals surface area contributed by atoms with Crippen LogP contribution in [0.4, 0.5) is 0 Å². The number of ether oxygens (including phenoxy) is 3. The number of hydrogen-bond donors (Lipinski definition) is 2. The standard InChI is InChI=1S/C8H15N3O5/c1-14-8(15-2)7-5(10-11-9)6(13)4(3-12)16-7/h4-8,12-13H,3H2,1-2H3/t4-,5-,6-,7+/m1/s1. The predicted octanol–water partition coefficient (Wildman–Crippen LogP) is -0.595. The van der Waals surface area contributed by atoms with Crippen molar-refractivity contribution in [2.75, 3.05) is 20.8 Å². The van der Waals surface area contributed by atoms with Crippen molar-refractivity contribution in [2.24, 2.45) is 5.11 Å². The van der Waals surface area contributed by atoms with Crippen molar-refractivity contribution in [1.82, 2.24) is 0 Å². The maximum Gasteiger partial charge on any atom is 0.183 e. The van der Waals surface area contributed by atoms with E-state index in [9.17, 15) is 5.11 Å². The Morgan fingerprint density at radius 3 is 2.56 bits per heavy atom. The zero-order valence-electron chi connectivity index (χ0n) is 9.05. The zero-order valence-corrected chi connectivity index (χ0v) is 9.05. The smallest absolute Gasteiger partial charge is 0.183 e. The molecule has 1 aliphatic heterocycles. The number of methoxy groups -OCH3 is 2. The molecule has 1 saturated heterocycles. The second-order valence-corrected chi connectivity index (χ2v) is 3.35. The fraction of sp³-hybridized carbons (Fsp3) is 1.00. The van der Waals surface area contributed by atoms with Crippen LogP contribution >= 0.6 is 0 Å². The van der Waals surface area contributed by atoms with Gasteiger partial charge in [0.05, 0.1) is 18.8 Å². The Bertz CT molecular complexity index is 266. The van der Waals surface area contributed by atoms with E-state index in [1.807, 2.05) is 0 Å². The quantitative estimate of drug-likeness (QED) is 0.285. The molecule has 0 aliphatic carbocycles. The molecule has 0 unspecified atom stereocenters. The lowest BCUT2D eigenvalue weighted by molar-refractivity contribution is -0.181. The van der Waals surface area contributed by atoms with Crippen LogP contribution in [-0.4, -0.2) is 61.7 Å². The van der Waals surface area contributed by atoms with Crippen molar-refractivity contribution >= 4 is 0 Å². The van der Waals surface area contributed by atoms with E-state index in [2.05, 4.69) is 10.0 Å². The average molecular weight is 233 g/mol. The molecule has 0 spiro atoms. The Hall–Kier alpha value is -0.890. The lowest BCUT2D eigenvalue weighted by atomic mass is 10.1. The number of aliphatic hydroxyl groups excluding tert-OH is 2. The normalized spacial score (nSPS) is 34.1. The second-order valence-electron chi connectivity index (χ2n) is 3.35. The molecular weight excluding hydrogens is 218 g/mol. The molecule has 16 heavy (non-hydrogen) atoms. The topological polar surface area (TPSA) is 117 Å². The van der Waals surface area contributed by atoms with E-state index in [-0.39, 0.29) is 6.61 Å². The molecule has 8 nitrogen and oxygen atoms in total. The molecular formula is C8H15N3O5. The zero-order chi connectivity index (χ0) is 12.1. The maximum atomic E-state index is 9.73. The van der Waals surface area contributed by atoms with E-state index < -0.39 is 30.6 Å². The molecule has 0 aromatic rings. The van der Waals surface area contributed by atoms with Crippen LogP contribution in [0.25, 0.3) is 10.4 Å². The summed E-state index contributed by atoms with van der Waals surface area (Å²) in [5, 5.41) is 22.1. The predicted molar refractivity (Wildman–Crippen MR) is 52.5 cm³/mol. The van der Waals surface area contributed by atoms with Crippen LogP contribution in [0, 0.1) is 0 Å². The SMILES string of the molecule is COC(OC)[C@H]1O[C@H](CO)[C@@H](O)[C@H]1N=[N+]=[N-]. The third-order valence-electron chi connectivity index (χ3n) is 2.50. The fourth-order valence-corrected chi connectivity index (χ4v) is 1.71. The van der Waals surface area contributed by atoms with Gasteiger partial charge in [-0.1, -0.05) is 5.11 Å². The van der Waals surface area contributed by atoms with E-state index in [1.54, 1.807) is 0 Å². The van der Waals surface area contributed by atoms with Gasteiger partial charge < -0.3 is 24.4 Å². The lowest BCUT2D eigenvalue weighted by Gasteiger charge is -2.23. The first-order valence-electron chi connectivity index (χ1n) is 4.73. The van der Waals surface area contributed by atoms with Gasteiger partial charge in [0.1, 0.15) is 12.2 Å². The number of nitrogens with zero attached hydrogens (tertiary/aromatic N) is 3. The Kier molecular flexibility index (Phi) is 4.94. The Morgan fingerprint density at radius 2 is 2.12 bits per heavy atom. The monoisotopic (exact) mass is 233 g/mol. The third-order valence-corrected chi connectivity index (χ3v) is 2.50. The summed E-state index contributed by atoms with van der Waals surface area (Å²) >= 11 is 0. The largest absolute Gasteiger partial charge is 0.394 e. The van der Waals surface area contributed by atoms with E-state index in [4.69, 9.17) is 24.8 Å². The van der Waals surface area contributed by atoms with Crippen molar-refractivity contribution in [3.63, 3.8) is 0 Å². The van der Waals surface area contributed by atoms with Gasteiger partial charge in [-0.15, -0.1) is 0 Å². The van der Waals surface area contributed by atoms with Crippen LogP contribution in [0.1, 0.15) is 0 Å². The van der Waals surface area contributed by atoms with E-state index in [1.165, 1.54) is 14.2 Å². The summed E-state index contributed by atoms with van der Waals surface area (Å²) < 4.78 is 15.3. The molecule has 0 saturated carbocycles. The van der Waals surface area contributed by atoms with Gasteiger partial charge in [0.15, 0.2) is 6.29 Å². The van der Waals surface area contributed by atoms with Crippen LogP contribution in [0.15, 0.2) is 5.11 Å². The highest BCUT2D eigenvalue weighted by Crippen LogP contribution is 2.27. The van der Waals surface area contributed by atoms with Crippen molar-refractivity contribution in [1.29, 1.82) is 0 Å². The van der Waals surface area contributed by atoms with Crippen molar-refractivity contribution in [3.8, 4) is 0 Å². The molecule has 1 fully saturated rings.